The SMILES string of the molecule is C=C(C[C@@H](C)C(C)n1ccnc1C(N)=Nc1ccc(N(C)OCNOC2CCCCO2)cc1)NNC. The zero-order valence-corrected chi connectivity index (χ0v) is 21.7. The van der Waals surface area contributed by atoms with Crippen molar-refractivity contribution in [2.75, 3.05) is 32.5 Å². The van der Waals surface area contributed by atoms with Gasteiger partial charge in [-0.3, -0.25) is 14.7 Å². The lowest BCUT2D eigenvalue weighted by atomic mass is 9.98. The van der Waals surface area contributed by atoms with Gasteiger partial charge in [-0.15, -0.1) is 0 Å². The van der Waals surface area contributed by atoms with Crippen LogP contribution in [0.3, 0.4) is 0 Å². The minimum atomic E-state index is -0.216. The van der Waals surface area contributed by atoms with Crippen LogP contribution in [0.4, 0.5) is 11.4 Å². The largest absolute Gasteiger partial charge is 0.381 e. The van der Waals surface area contributed by atoms with Gasteiger partial charge in [-0.25, -0.2) is 15.4 Å². The fraction of sp³-hybridized carbons (Fsp3) is 0.520. The van der Waals surface area contributed by atoms with Crippen LogP contribution >= 0.6 is 0 Å². The third-order valence-electron chi connectivity index (χ3n) is 6.16. The van der Waals surface area contributed by atoms with Gasteiger partial charge in [0.05, 0.1) is 11.4 Å². The number of hydroxylamine groups is 2. The number of allylic oxidation sites excluding steroid dienone is 1. The molecule has 198 valence electrons. The second kappa shape index (κ2) is 14.0. The quantitative estimate of drug-likeness (QED) is 0.102. The van der Waals surface area contributed by atoms with Gasteiger partial charge in [-0.1, -0.05) is 13.5 Å². The van der Waals surface area contributed by atoms with Crippen molar-refractivity contribution in [3.8, 4) is 0 Å². The van der Waals surface area contributed by atoms with E-state index < -0.39 is 0 Å². The van der Waals surface area contributed by atoms with E-state index in [0.29, 0.717) is 17.6 Å². The van der Waals surface area contributed by atoms with Crippen molar-refractivity contribution < 1.29 is 14.4 Å². The molecule has 0 bridgehead atoms. The lowest BCUT2D eigenvalue weighted by molar-refractivity contribution is -0.210. The van der Waals surface area contributed by atoms with Gasteiger partial charge in [0.1, 0.15) is 6.73 Å². The number of hydrogen-bond acceptors (Lipinski definition) is 9. The van der Waals surface area contributed by atoms with Gasteiger partial charge in [-0.2, -0.15) is 5.48 Å². The average Bonchev–Trinajstić information content (AvgIpc) is 3.37. The molecule has 1 aromatic carbocycles. The molecule has 0 aliphatic carbocycles. The van der Waals surface area contributed by atoms with Crippen LogP contribution in [0.2, 0.25) is 0 Å². The van der Waals surface area contributed by atoms with Crippen molar-refractivity contribution in [3.63, 3.8) is 0 Å². The van der Waals surface area contributed by atoms with Crippen molar-refractivity contribution in [1.82, 2.24) is 25.9 Å². The molecule has 1 aliphatic rings. The third-order valence-corrected chi connectivity index (χ3v) is 6.16. The number of nitrogens with two attached hydrogens (primary N) is 1. The number of imidazole rings is 1. The number of benzene rings is 1. The van der Waals surface area contributed by atoms with Gasteiger partial charge in [-0.05, 0) is 56.4 Å². The minimum Gasteiger partial charge on any atom is -0.381 e. The van der Waals surface area contributed by atoms with Gasteiger partial charge >= 0.3 is 0 Å². The first-order chi connectivity index (χ1) is 17.4. The molecule has 1 fully saturated rings. The molecule has 5 N–H and O–H groups in total. The number of anilines is 1. The van der Waals surface area contributed by atoms with Crippen LogP contribution in [-0.2, 0) is 14.4 Å². The molecule has 3 atom stereocenters. The Labute approximate surface area is 213 Å². The highest BCUT2D eigenvalue weighted by atomic mass is 16.8. The van der Waals surface area contributed by atoms with E-state index >= 15 is 0 Å². The minimum absolute atomic E-state index is 0.155. The zero-order chi connectivity index (χ0) is 25.9. The second-order valence-corrected chi connectivity index (χ2v) is 8.90. The summed E-state index contributed by atoms with van der Waals surface area (Å²) >= 11 is 0. The molecule has 36 heavy (non-hydrogen) atoms. The van der Waals surface area contributed by atoms with Gasteiger partial charge in [0.2, 0.25) is 0 Å². The van der Waals surface area contributed by atoms with Crippen molar-refractivity contribution in [3.05, 3.63) is 54.8 Å². The number of amidine groups is 1. The molecule has 1 saturated heterocycles. The molecular formula is C25H40N8O3. The maximum atomic E-state index is 6.36. The molecule has 1 aliphatic heterocycles. The number of hydrazine groups is 1. The molecule has 3 rings (SSSR count). The molecule has 11 nitrogen and oxygen atoms in total. The van der Waals surface area contributed by atoms with E-state index in [2.05, 4.69) is 51.3 Å². The van der Waals surface area contributed by atoms with E-state index in [1.807, 2.05) is 44.6 Å². The summed E-state index contributed by atoms with van der Waals surface area (Å²) in [5, 5.41) is 1.65. The molecule has 0 saturated carbocycles. The van der Waals surface area contributed by atoms with Gasteiger partial charge in [0.15, 0.2) is 18.0 Å². The molecular weight excluding hydrogens is 460 g/mol. The monoisotopic (exact) mass is 500 g/mol. The smallest absolute Gasteiger partial charge is 0.177 e. The summed E-state index contributed by atoms with van der Waals surface area (Å²) in [6.07, 6.45) is 7.34. The Morgan fingerprint density at radius 3 is 2.81 bits per heavy atom. The summed E-state index contributed by atoms with van der Waals surface area (Å²) in [6.45, 7) is 9.29. The second-order valence-electron chi connectivity index (χ2n) is 8.90. The Kier molecular flexibility index (Phi) is 10.7. The van der Waals surface area contributed by atoms with E-state index in [1.165, 1.54) is 0 Å². The lowest BCUT2D eigenvalue weighted by Crippen LogP contribution is -2.33. The lowest BCUT2D eigenvalue weighted by Gasteiger charge is -2.24. The van der Waals surface area contributed by atoms with Crippen molar-refractivity contribution in [2.45, 2.75) is 51.9 Å². The first-order valence-electron chi connectivity index (χ1n) is 12.3. The summed E-state index contributed by atoms with van der Waals surface area (Å²) in [6, 6.07) is 7.74. The van der Waals surface area contributed by atoms with Crippen molar-refractivity contribution >= 4 is 17.2 Å². The Balaban J connectivity index is 1.54. The van der Waals surface area contributed by atoms with Crippen molar-refractivity contribution in [1.29, 1.82) is 0 Å². The highest BCUT2D eigenvalue weighted by molar-refractivity contribution is 5.96. The first-order valence-corrected chi connectivity index (χ1v) is 12.3. The van der Waals surface area contributed by atoms with E-state index in [-0.39, 0.29) is 19.1 Å². The van der Waals surface area contributed by atoms with Crippen LogP contribution in [0.1, 0.15) is 51.4 Å². The molecule has 0 radical (unpaired) electrons. The number of hydrogen-bond donors (Lipinski definition) is 4. The molecule has 0 spiro atoms. The summed E-state index contributed by atoms with van der Waals surface area (Å²) in [7, 11) is 3.65. The van der Waals surface area contributed by atoms with Crippen LogP contribution in [0.15, 0.2) is 53.9 Å². The zero-order valence-electron chi connectivity index (χ0n) is 21.7. The van der Waals surface area contributed by atoms with Gasteiger partial charge < -0.3 is 20.5 Å². The van der Waals surface area contributed by atoms with E-state index in [4.69, 9.17) is 20.1 Å². The molecule has 2 unspecified atom stereocenters. The van der Waals surface area contributed by atoms with Crippen LogP contribution in [0, 0.1) is 5.92 Å². The maximum Gasteiger partial charge on any atom is 0.177 e. The van der Waals surface area contributed by atoms with Crippen LogP contribution < -0.4 is 27.1 Å². The fourth-order valence-corrected chi connectivity index (χ4v) is 3.96. The molecule has 11 heteroatoms. The van der Waals surface area contributed by atoms with Gasteiger partial charge in [0, 0.05) is 51.3 Å². The number of aliphatic imine (C=N–C) groups is 1. The van der Waals surface area contributed by atoms with Crippen LogP contribution in [0.25, 0.3) is 0 Å². The number of rotatable bonds is 14. The Morgan fingerprint density at radius 2 is 2.11 bits per heavy atom. The summed E-state index contributed by atoms with van der Waals surface area (Å²) in [4.78, 5) is 20.2. The Hall–Kier alpha value is -2.96. The molecule has 1 aromatic heterocycles. The summed E-state index contributed by atoms with van der Waals surface area (Å²) in [5.41, 5.74) is 17.6. The standard InChI is InChI=1S/C25H40N8O3/c1-18(16-19(2)31-27-4)20(3)33-14-13-28-25(33)24(26)30-21-9-11-22(12-10-21)32(5)35-17-29-36-23-8-6-7-15-34-23/h9-14,18,20,23,27,29,31H,2,6-8,15-17H2,1,3-5H3,(H2,26,30)/t18-,20?,23?/m1/s1. The molecule has 2 heterocycles. The predicted molar refractivity (Wildman–Crippen MR) is 141 cm³/mol. The highest BCUT2D eigenvalue weighted by Crippen LogP contribution is 2.25. The topological polar surface area (TPSA) is 123 Å². The maximum absolute atomic E-state index is 6.36. The number of nitrogens with zero attached hydrogens (tertiary/aromatic N) is 4. The molecule has 0 amide bonds. The Morgan fingerprint density at radius 1 is 1.33 bits per heavy atom. The van der Waals surface area contributed by atoms with E-state index in [0.717, 1.165) is 49.4 Å². The number of nitrogens with one attached hydrogen (secondary N) is 3. The third kappa shape index (κ3) is 8.04. The number of aromatic nitrogens is 2. The van der Waals surface area contributed by atoms with Crippen molar-refractivity contribution in [2.24, 2.45) is 16.6 Å². The highest BCUT2D eigenvalue weighted by Gasteiger charge is 2.19. The van der Waals surface area contributed by atoms with Crippen LogP contribution in [-0.4, -0.2) is 49.1 Å². The van der Waals surface area contributed by atoms with E-state index in [1.54, 1.807) is 11.3 Å². The molecule has 2 aromatic rings. The van der Waals surface area contributed by atoms with Crippen LogP contribution in [0.5, 0.6) is 0 Å². The summed E-state index contributed by atoms with van der Waals surface area (Å²) in [5.74, 6) is 1.30. The fourth-order valence-electron chi connectivity index (χ4n) is 3.96. The van der Waals surface area contributed by atoms with E-state index in [9.17, 15) is 0 Å². The number of ether oxygens (including phenoxy) is 1. The normalized spacial score (nSPS) is 18.0. The predicted octanol–water partition coefficient (Wildman–Crippen LogP) is 3.12. The van der Waals surface area contributed by atoms with Gasteiger partial charge in [0.25, 0.3) is 0 Å². The Bertz CT molecular complexity index is 972. The average molecular weight is 501 g/mol. The first kappa shape index (κ1) is 27.6. The summed E-state index contributed by atoms with van der Waals surface area (Å²) < 4.78 is 7.56.